The maximum absolute atomic E-state index is 13.2. The van der Waals surface area contributed by atoms with Crippen molar-refractivity contribution < 1.29 is 53.8 Å². The van der Waals surface area contributed by atoms with E-state index in [1.807, 2.05) is 0 Å². The molecule has 2 amide bonds. The van der Waals surface area contributed by atoms with E-state index < -0.39 is 59.8 Å². The van der Waals surface area contributed by atoms with Crippen molar-refractivity contribution in [2.45, 2.75) is 76.6 Å². The van der Waals surface area contributed by atoms with Crippen molar-refractivity contribution in [1.29, 1.82) is 0 Å². The van der Waals surface area contributed by atoms with Gasteiger partial charge in [0.05, 0.1) is 11.1 Å². The summed E-state index contributed by atoms with van der Waals surface area (Å²) in [6, 6.07) is 0.311. The number of rotatable bonds is 7. The van der Waals surface area contributed by atoms with Crippen molar-refractivity contribution >= 4 is 17.7 Å². The highest BCUT2D eigenvalue weighted by molar-refractivity contribution is 5.82. The Morgan fingerprint density at radius 2 is 1.38 bits per heavy atom. The summed E-state index contributed by atoms with van der Waals surface area (Å²) >= 11 is 0. The zero-order valence-electron chi connectivity index (χ0n) is 21.4. The number of halogens is 9. The van der Waals surface area contributed by atoms with Crippen LogP contribution in [0.5, 0.6) is 0 Å². The van der Waals surface area contributed by atoms with E-state index in [2.05, 4.69) is 10.6 Å². The lowest BCUT2D eigenvalue weighted by Gasteiger charge is -2.37. The van der Waals surface area contributed by atoms with E-state index >= 15 is 0 Å². The lowest BCUT2D eigenvalue weighted by Crippen LogP contribution is -2.51. The van der Waals surface area contributed by atoms with E-state index in [0.29, 0.717) is 17.0 Å². The fraction of sp³-hybridized carbons (Fsp3) is 0.667. The van der Waals surface area contributed by atoms with Crippen LogP contribution in [0.2, 0.25) is 0 Å². The van der Waals surface area contributed by atoms with Crippen molar-refractivity contribution in [3.63, 3.8) is 0 Å². The third-order valence-corrected chi connectivity index (χ3v) is 5.96. The first-order valence-electron chi connectivity index (χ1n) is 12.0. The molecule has 0 saturated heterocycles. The van der Waals surface area contributed by atoms with Gasteiger partial charge in [-0.1, -0.05) is 0 Å². The molecule has 6 nitrogen and oxygen atoms in total. The molecule has 0 bridgehead atoms. The molecular weight excluding hydrogens is 549 g/mol. The van der Waals surface area contributed by atoms with Gasteiger partial charge in [0.25, 0.3) is 0 Å². The van der Waals surface area contributed by atoms with Crippen molar-refractivity contribution in [1.82, 2.24) is 10.2 Å². The topological polar surface area (TPSA) is 70.7 Å². The molecule has 2 N–H and O–H groups in total. The van der Waals surface area contributed by atoms with Crippen molar-refractivity contribution in [2.75, 3.05) is 25.0 Å². The molecule has 1 aromatic rings. The fourth-order valence-corrected chi connectivity index (χ4v) is 4.19. The summed E-state index contributed by atoms with van der Waals surface area (Å²) in [5.74, 6) is -2.34. The summed E-state index contributed by atoms with van der Waals surface area (Å²) in [7, 11) is 0. The lowest BCUT2D eigenvalue weighted by molar-refractivity contribution is -0.188. The molecule has 2 rings (SSSR count). The second kappa shape index (κ2) is 12.1. The highest BCUT2D eigenvalue weighted by atomic mass is 19.4. The van der Waals surface area contributed by atoms with E-state index in [-0.39, 0.29) is 56.4 Å². The molecular formula is C24H30F9N3O3. The van der Waals surface area contributed by atoms with Gasteiger partial charge in [-0.15, -0.1) is 0 Å². The molecule has 1 aromatic carbocycles. The number of benzene rings is 1. The number of hydrogen-bond acceptors (Lipinski definition) is 4. The Bertz CT molecular complexity index is 962. The van der Waals surface area contributed by atoms with E-state index in [4.69, 9.17) is 4.74 Å². The van der Waals surface area contributed by atoms with Gasteiger partial charge in [-0.2, -0.15) is 39.5 Å². The summed E-state index contributed by atoms with van der Waals surface area (Å²) in [6.07, 6.45) is -15.2. The number of alkyl halides is 9. The number of ether oxygens (including phenoxy) is 1. The van der Waals surface area contributed by atoms with Gasteiger partial charge in [-0.3, -0.25) is 4.79 Å². The fourth-order valence-electron chi connectivity index (χ4n) is 4.19. The standard InChI is InChI=1S/C24H30F9N3O3/c1-21(2,3)39-20(38)34-8-9-36(19(37)24(31,32)33)18-6-4-14(5-7-18)13-35-17-11-15(22(25,26)27)10-16(12-17)23(28,29)30/h10-12,14,18,35H,4-9,13H2,1-3H3,(H,34,38). The van der Waals surface area contributed by atoms with E-state index in [1.54, 1.807) is 20.8 Å². The van der Waals surface area contributed by atoms with Crippen LogP contribution >= 0.6 is 0 Å². The first-order chi connectivity index (χ1) is 17.7. The number of nitrogens with one attached hydrogen (secondary N) is 2. The van der Waals surface area contributed by atoms with Gasteiger partial charge < -0.3 is 20.3 Å². The summed E-state index contributed by atoms with van der Waals surface area (Å²) < 4.78 is 123. The smallest absolute Gasteiger partial charge is 0.444 e. The second-order valence-corrected chi connectivity index (χ2v) is 10.3. The Hall–Kier alpha value is -2.87. The average Bonchev–Trinajstić information content (AvgIpc) is 2.77. The van der Waals surface area contributed by atoms with Gasteiger partial charge in [0.2, 0.25) is 0 Å². The van der Waals surface area contributed by atoms with Gasteiger partial charge in [-0.05, 0) is 70.6 Å². The molecule has 0 spiro atoms. The van der Waals surface area contributed by atoms with Gasteiger partial charge in [0, 0.05) is 31.4 Å². The third kappa shape index (κ3) is 10.3. The molecule has 15 heteroatoms. The van der Waals surface area contributed by atoms with Crippen LogP contribution in [-0.4, -0.2) is 54.4 Å². The molecule has 0 unspecified atom stereocenters. The monoisotopic (exact) mass is 579 g/mol. The zero-order chi connectivity index (χ0) is 29.8. The molecule has 0 radical (unpaired) electrons. The quantitative estimate of drug-likeness (QED) is 0.357. The van der Waals surface area contributed by atoms with Crippen molar-refractivity contribution in [2.24, 2.45) is 5.92 Å². The van der Waals surface area contributed by atoms with Crippen molar-refractivity contribution in [3.8, 4) is 0 Å². The molecule has 222 valence electrons. The predicted octanol–water partition coefficient (Wildman–Crippen LogP) is 6.61. The molecule has 0 aliphatic heterocycles. The highest BCUT2D eigenvalue weighted by Gasteiger charge is 2.45. The minimum Gasteiger partial charge on any atom is -0.444 e. The first-order valence-corrected chi connectivity index (χ1v) is 12.0. The van der Waals surface area contributed by atoms with E-state index in [1.165, 1.54) is 0 Å². The van der Waals surface area contributed by atoms with E-state index in [0.717, 1.165) is 0 Å². The molecule has 1 aliphatic carbocycles. The Balaban J connectivity index is 2.01. The molecule has 0 heterocycles. The number of nitrogens with zero attached hydrogens (tertiary/aromatic N) is 1. The van der Waals surface area contributed by atoms with Crippen LogP contribution in [0.15, 0.2) is 18.2 Å². The Labute approximate surface area is 219 Å². The van der Waals surface area contributed by atoms with Crippen LogP contribution in [0.1, 0.15) is 57.6 Å². The van der Waals surface area contributed by atoms with Crippen LogP contribution < -0.4 is 10.6 Å². The molecule has 1 aliphatic rings. The van der Waals surface area contributed by atoms with Crippen LogP contribution in [0.3, 0.4) is 0 Å². The summed E-state index contributed by atoms with van der Waals surface area (Å²) in [6.45, 7) is 4.05. The Morgan fingerprint density at radius 3 is 1.82 bits per heavy atom. The number of hydrogen-bond donors (Lipinski definition) is 2. The lowest BCUT2D eigenvalue weighted by atomic mass is 9.85. The average molecular weight is 580 g/mol. The van der Waals surface area contributed by atoms with Crippen molar-refractivity contribution in [3.05, 3.63) is 29.3 Å². The van der Waals surface area contributed by atoms with Crippen LogP contribution in [-0.2, 0) is 21.9 Å². The Kier molecular flexibility index (Phi) is 10.0. The molecule has 0 atom stereocenters. The number of alkyl carbamates (subject to hydrolysis) is 1. The van der Waals surface area contributed by atoms with Crippen LogP contribution in [0, 0.1) is 5.92 Å². The maximum Gasteiger partial charge on any atom is 0.471 e. The number of anilines is 1. The zero-order valence-corrected chi connectivity index (χ0v) is 21.4. The summed E-state index contributed by atoms with van der Waals surface area (Å²) in [5.41, 5.74) is -4.16. The predicted molar refractivity (Wildman–Crippen MR) is 123 cm³/mol. The number of carbonyl (C=O) groups excluding carboxylic acids is 2. The largest absolute Gasteiger partial charge is 0.471 e. The molecule has 0 aromatic heterocycles. The third-order valence-electron chi connectivity index (χ3n) is 5.96. The highest BCUT2D eigenvalue weighted by Crippen LogP contribution is 2.38. The molecule has 1 saturated carbocycles. The Morgan fingerprint density at radius 1 is 0.872 bits per heavy atom. The van der Waals surface area contributed by atoms with Gasteiger partial charge in [0.15, 0.2) is 0 Å². The minimum atomic E-state index is -5.15. The SMILES string of the molecule is CC(C)(C)OC(=O)NCCN(C(=O)C(F)(F)F)C1CCC(CNc2cc(C(F)(F)F)cc(C(F)(F)F)c2)CC1. The van der Waals surface area contributed by atoms with Crippen LogP contribution in [0.25, 0.3) is 0 Å². The minimum absolute atomic E-state index is 0.0142. The second-order valence-electron chi connectivity index (χ2n) is 10.3. The van der Waals surface area contributed by atoms with E-state index in [9.17, 15) is 49.1 Å². The van der Waals surface area contributed by atoms with Crippen LogP contribution in [0.4, 0.5) is 50.0 Å². The van der Waals surface area contributed by atoms with Gasteiger partial charge in [-0.25, -0.2) is 4.79 Å². The normalized spacial score (nSPS) is 18.9. The van der Waals surface area contributed by atoms with Gasteiger partial charge in [0.1, 0.15) is 5.60 Å². The first kappa shape index (κ1) is 32.3. The number of amides is 2. The number of carbonyl (C=O) groups is 2. The summed E-state index contributed by atoms with van der Waals surface area (Å²) in [4.78, 5) is 24.5. The maximum atomic E-state index is 13.2. The molecule has 39 heavy (non-hydrogen) atoms. The molecule has 1 fully saturated rings. The summed E-state index contributed by atoms with van der Waals surface area (Å²) in [5, 5.41) is 4.87. The van der Waals surface area contributed by atoms with Gasteiger partial charge >= 0.3 is 30.5 Å².